The molecule has 0 aliphatic carbocycles. The molecule has 1 unspecified atom stereocenters. The second kappa shape index (κ2) is 5.67. The number of hydrogen-bond acceptors (Lipinski definition) is 5. The molecule has 21 heavy (non-hydrogen) atoms. The van der Waals surface area contributed by atoms with E-state index in [-0.39, 0.29) is 17.4 Å². The number of hydrogen-bond donors (Lipinski definition) is 1. The number of aromatic nitrogens is 2. The summed E-state index contributed by atoms with van der Waals surface area (Å²) in [4.78, 5) is 0.150. The van der Waals surface area contributed by atoms with E-state index >= 15 is 0 Å². The fourth-order valence-corrected chi connectivity index (χ4v) is 4.54. The molecule has 120 valence electrons. The van der Waals surface area contributed by atoms with Crippen LogP contribution in [0.25, 0.3) is 0 Å². The Morgan fingerprint density at radius 3 is 2.57 bits per heavy atom. The van der Waals surface area contributed by atoms with Gasteiger partial charge < -0.3 is 0 Å². The molecule has 1 aromatic rings. The molecule has 1 fully saturated rings. The fourth-order valence-electron chi connectivity index (χ4n) is 2.49. The van der Waals surface area contributed by atoms with Gasteiger partial charge in [0.2, 0.25) is 0 Å². The highest BCUT2D eigenvalue weighted by molar-refractivity contribution is 7.90. The van der Waals surface area contributed by atoms with Crippen LogP contribution in [0.3, 0.4) is 0 Å². The number of aromatic amines is 1. The van der Waals surface area contributed by atoms with Gasteiger partial charge in [0.15, 0.2) is 9.84 Å². The number of H-pyrrole nitrogens is 1. The van der Waals surface area contributed by atoms with Gasteiger partial charge in [-0.2, -0.15) is 22.1 Å². The Bertz CT molecular complexity index is 708. The van der Waals surface area contributed by atoms with Crippen molar-refractivity contribution in [2.24, 2.45) is 0 Å². The van der Waals surface area contributed by atoms with Crippen molar-refractivity contribution >= 4 is 20.0 Å². The van der Waals surface area contributed by atoms with Gasteiger partial charge in [-0.15, -0.1) is 0 Å². The average Bonchev–Trinajstić information content (AvgIpc) is 2.87. The molecule has 1 aliphatic heterocycles. The van der Waals surface area contributed by atoms with E-state index in [9.17, 15) is 16.8 Å². The van der Waals surface area contributed by atoms with Gasteiger partial charge in [0.05, 0.1) is 11.9 Å². The maximum absolute atomic E-state index is 12.2. The minimum absolute atomic E-state index is 0.150. The molecule has 1 saturated heterocycles. The predicted molar refractivity (Wildman–Crippen MR) is 77.9 cm³/mol. The van der Waals surface area contributed by atoms with Crippen LogP contribution in [-0.4, -0.2) is 69.1 Å². The molecule has 0 amide bonds. The van der Waals surface area contributed by atoms with Crippen LogP contribution in [0.5, 0.6) is 0 Å². The van der Waals surface area contributed by atoms with E-state index in [2.05, 4.69) is 10.2 Å². The van der Waals surface area contributed by atoms with Gasteiger partial charge in [0.25, 0.3) is 10.2 Å². The normalized spacial score (nSPS) is 21.8. The second-order valence-electron chi connectivity index (χ2n) is 5.41. The Kier molecular flexibility index (Phi) is 4.43. The van der Waals surface area contributed by atoms with E-state index in [4.69, 9.17) is 0 Å². The molecule has 0 spiro atoms. The molecular formula is C11H20N4O4S2. The summed E-state index contributed by atoms with van der Waals surface area (Å²) in [7, 11) is -3.90. The molecule has 10 heteroatoms. The Hall–Kier alpha value is -0.970. The van der Waals surface area contributed by atoms with Crippen LogP contribution in [0.2, 0.25) is 0 Å². The van der Waals surface area contributed by atoms with Crippen molar-refractivity contribution in [2.45, 2.75) is 23.7 Å². The summed E-state index contributed by atoms with van der Waals surface area (Å²) < 4.78 is 50.4. The summed E-state index contributed by atoms with van der Waals surface area (Å²) in [6, 6.07) is 0. The standard InChI is InChI=1S/C11H20N4O4S2/c1-14(2)21(18,19)15-6-4-5-9(8-15)11-10(7-12-13-11)20(3,16)17/h7,9H,4-6,8H2,1-3H3,(H,12,13). The average molecular weight is 336 g/mol. The molecule has 1 aliphatic rings. The van der Waals surface area contributed by atoms with Crippen LogP contribution in [0.1, 0.15) is 24.5 Å². The lowest BCUT2D eigenvalue weighted by Gasteiger charge is -2.33. The number of piperidine rings is 1. The van der Waals surface area contributed by atoms with Crippen LogP contribution < -0.4 is 0 Å². The Balaban J connectivity index is 2.30. The summed E-state index contributed by atoms with van der Waals surface area (Å²) in [5, 5.41) is 6.52. The largest absolute Gasteiger partial charge is 0.281 e. The first-order chi connectivity index (χ1) is 9.64. The second-order valence-corrected chi connectivity index (χ2v) is 9.53. The van der Waals surface area contributed by atoms with Gasteiger partial charge >= 0.3 is 0 Å². The van der Waals surface area contributed by atoms with Crippen molar-refractivity contribution in [2.75, 3.05) is 33.4 Å². The van der Waals surface area contributed by atoms with Crippen LogP contribution in [0, 0.1) is 0 Å². The van der Waals surface area contributed by atoms with E-state index in [1.165, 1.54) is 28.9 Å². The summed E-state index contributed by atoms with van der Waals surface area (Å²) in [6.45, 7) is 0.699. The van der Waals surface area contributed by atoms with Gasteiger partial charge in [-0.25, -0.2) is 8.42 Å². The lowest BCUT2D eigenvalue weighted by atomic mass is 9.96. The molecule has 2 heterocycles. The van der Waals surface area contributed by atoms with Crippen molar-refractivity contribution in [3.05, 3.63) is 11.9 Å². The zero-order chi connectivity index (χ0) is 15.8. The number of nitrogens with one attached hydrogen (secondary N) is 1. The zero-order valence-corrected chi connectivity index (χ0v) is 13.9. The Morgan fingerprint density at radius 1 is 1.33 bits per heavy atom. The molecular weight excluding hydrogens is 316 g/mol. The van der Waals surface area contributed by atoms with E-state index in [0.29, 0.717) is 18.7 Å². The summed E-state index contributed by atoms with van der Waals surface area (Å²) in [5.74, 6) is -0.194. The third kappa shape index (κ3) is 3.28. The minimum atomic E-state index is -3.49. The number of rotatable bonds is 4. The van der Waals surface area contributed by atoms with Crippen LogP contribution >= 0.6 is 0 Å². The van der Waals surface area contributed by atoms with Gasteiger partial charge in [-0.05, 0) is 12.8 Å². The van der Waals surface area contributed by atoms with Gasteiger partial charge in [0.1, 0.15) is 4.90 Å². The van der Waals surface area contributed by atoms with Crippen molar-refractivity contribution in [3.8, 4) is 0 Å². The minimum Gasteiger partial charge on any atom is -0.281 e. The maximum atomic E-state index is 12.2. The summed E-state index contributed by atoms with van der Waals surface area (Å²) in [6.07, 6.45) is 3.81. The first kappa shape index (κ1) is 16.4. The highest BCUT2D eigenvalue weighted by Crippen LogP contribution is 2.31. The highest BCUT2D eigenvalue weighted by atomic mass is 32.2. The van der Waals surface area contributed by atoms with E-state index in [1.54, 1.807) is 0 Å². The van der Waals surface area contributed by atoms with Gasteiger partial charge in [0, 0.05) is 39.4 Å². The van der Waals surface area contributed by atoms with Crippen LogP contribution in [0.15, 0.2) is 11.1 Å². The molecule has 0 aromatic carbocycles. The maximum Gasteiger partial charge on any atom is 0.281 e. The van der Waals surface area contributed by atoms with Crippen molar-refractivity contribution in [3.63, 3.8) is 0 Å². The molecule has 1 N–H and O–H groups in total. The molecule has 0 radical (unpaired) electrons. The van der Waals surface area contributed by atoms with Crippen LogP contribution in [0.4, 0.5) is 0 Å². The number of nitrogens with zero attached hydrogens (tertiary/aromatic N) is 3. The Labute approximate surface area is 125 Å². The lowest BCUT2D eigenvalue weighted by molar-refractivity contribution is 0.294. The van der Waals surface area contributed by atoms with Gasteiger partial charge in [-0.1, -0.05) is 0 Å². The third-order valence-electron chi connectivity index (χ3n) is 3.61. The molecule has 2 rings (SSSR count). The van der Waals surface area contributed by atoms with E-state index in [1.807, 2.05) is 0 Å². The summed E-state index contributed by atoms with van der Waals surface area (Å²) in [5.41, 5.74) is 0.496. The topological polar surface area (TPSA) is 103 Å². The molecule has 0 bridgehead atoms. The SMILES string of the molecule is CN(C)S(=O)(=O)N1CCCC(c2[nH]ncc2S(C)(=O)=O)C1. The Morgan fingerprint density at radius 2 is 2.00 bits per heavy atom. The molecule has 8 nitrogen and oxygen atoms in total. The third-order valence-corrected chi connectivity index (χ3v) is 6.64. The fraction of sp³-hybridized carbons (Fsp3) is 0.727. The number of sulfone groups is 1. The van der Waals surface area contributed by atoms with Gasteiger partial charge in [-0.3, -0.25) is 5.10 Å². The smallest absolute Gasteiger partial charge is 0.281 e. The molecule has 1 atom stereocenters. The van der Waals surface area contributed by atoms with E-state index < -0.39 is 20.0 Å². The zero-order valence-electron chi connectivity index (χ0n) is 12.3. The predicted octanol–water partition coefficient (Wildman–Crippen LogP) is -0.201. The quantitative estimate of drug-likeness (QED) is 0.820. The highest BCUT2D eigenvalue weighted by Gasteiger charge is 2.33. The molecule has 1 aromatic heterocycles. The molecule has 0 saturated carbocycles. The van der Waals surface area contributed by atoms with Crippen molar-refractivity contribution in [1.29, 1.82) is 0 Å². The van der Waals surface area contributed by atoms with Crippen LogP contribution in [-0.2, 0) is 20.0 Å². The summed E-state index contributed by atoms with van der Waals surface area (Å²) >= 11 is 0. The van der Waals surface area contributed by atoms with E-state index in [0.717, 1.165) is 12.7 Å². The lowest BCUT2D eigenvalue weighted by Crippen LogP contribution is -2.45. The first-order valence-electron chi connectivity index (χ1n) is 6.55. The van der Waals surface area contributed by atoms with Crippen molar-refractivity contribution in [1.82, 2.24) is 18.8 Å². The monoisotopic (exact) mass is 336 g/mol. The van der Waals surface area contributed by atoms with Crippen molar-refractivity contribution < 1.29 is 16.8 Å². The first-order valence-corrected chi connectivity index (χ1v) is 9.84.